The van der Waals surface area contributed by atoms with E-state index in [2.05, 4.69) is 9.55 Å². The molecule has 23 heavy (non-hydrogen) atoms. The summed E-state index contributed by atoms with van der Waals surface area (Å²) in [5, 5.41) is 0. The van der Waals surface area contributed by atoms with Crippen molar-refractivity contribution in [3.05, 3.63) is 59.8 Å². The Labute approximate surface area is 133 Å². The molecule has 3 aromatic rings. The Morgan fingerprint density at radius 2 is 2.13 bits per heavy atom. The highest BCUT2D eigenvalue weighted by Gasteiger charge is 2.23. The summed E-state index contributed by atoms with van der Waals surface area (Å²) in [7, 11) is 0. The average molecular weight is 311 g/mol. The number of imidazole rings is 1. The lowest BCUT2D eigenvalue weighted by atomic mass is 10.1. The molecule has 0 aliphatic carbocycles. The molecule has 5 heteroatoms. The van der Waals surface area contributed by atoms with Crippen LogP contribution in [0, 0.1) is 5.82 Å². The summed E-state index contributed by atoms with van der Waals surface area (Å²) >= 11 is 0. The Bertz CT molecular complexity index is 824. The summed E-state index contributed by atoms with van der Waals surface area (Å²) in [5.41, 5.74) is 2.36. The zero-order valence-corrected chi connectivity index (χ0v) is 12.8. The molecular formula is C18H18FN3O. The molecule has 0 saturated carbocycles. The number of benzene rings is 1. The third kappa shape index (κ3) is 2.72. The molecular weight excluding hydrogens is 293 g/mol. The van der Waals surface area contributed by atoms with Crippen LogP contribution in [0.1, 0.15) is 30.3 Å². The summed E-state index contributed by atoms with van der Waals surface area (Å²) < 4.78 is 21.8. The molecule has 1 aliphatic rings. The lowest BCUT2D eigenvalue weighted by Gasteiger charge is -2.25. The van der Waals surface area contributed by atoms with Crippen molar-refractivity contribution in [2.45, 2.75) is 25.3 Å². The molecule has 1 aliphatic heterocycles. The molecule has 3 heterocycles. The predicted octanol–water partition coefficient (Wildman–Crippen LogP) is 3.51. The van der Waals surface area contributed by atoms with Crippen LogP contribution in [0.5, 0.6) is 0 Å². The summed E-state index contributed by atoms with van der Waals surface area (Å²) in [5.74, 6) is 0.651. The molecule has 118 valence electrons. The number of hydrogen-bond acceptors (Lipinski definition) is 3. The number of rotatable bonds is 3. The molecule has 1 fully saturated rings. The first kappa shape index (κ1) is 14.3. The topological polar surface area (TPSA) is 39.9 Å². The second kappa shape index (κ2) is 6.08. The lowest BCUT2D eigenvalue weighted by molar-refractivity contribution is 0.0594. The van der Waals surface area contributed by atoms with E-state index in [1.54, 1.807) is 12.3 Å². The minimum Gasteiger partial charge on any atom is -0.379 e. The monoisotopic (exact) mass is 311 g/mol. The van der Waals surface area contributed by atoms with Crippen LogP contribution in [0.25, 0.3) is 11.2 Å². The maximum atomic E-state index is 14.0. The first-order valence-electron chi connectivity index (χ1n) is 7.96. The third-order valence-corrected chi connectivity index (χ3v) is 4.33. The van der Waals surface area contributed by atoms with Gasteiger partial charge in [-0.05, 0) is 36.6 Å². The van der Waals surface area contributed by atoms with E-state index in [9.17, 15) is 4.39 Å². The second-order valence-electron chi connectivity index (χ2n) is 5.88. The number of hydrogen-bond donors (Lipinski definition) is 0. The van der Waals surface area contributed by atoms with Gasteiger partial charge in [0.05, 0.1) is 12.6 Å². The van der Waals surface area contributed by atoms with Crippen molar-refractivity contribution in [1.29, 1.82) is 0 Å². The SMILES string of the molecule is Fc1ccccc1Cc1nc2cccnc2n1C1CCCOC1. The fourth-order valence-corrected chi connectivity index (χ4v) is 3.22. The summed E-state index contributed by atoms with van der Waals surface area (Å²) in [6, 6.07) is 10.9. The van der Waals surface area contributed by atoms with Crippen molar-refractivity contribution in [3.8, 4) is 0 Å². The molecule has 4 nitrogen and oxygen atoms in total. The number of halogens is 1. The highest BCUT2D eigenvalue weighted by molar-refractivity contribution is 5.71. The van der Waals surface area contributed by atoms with Crippen molar-refractivity contribution in [1.82, 2.24) is 14.5 Å². The number of fused-ring (bicyclic) bond motifs is 1. The van der Waals surface area contributed by atoms with E-state index in [-0.39, 0.29) is 11.9 Å². The Morgan fingerprint density at radius 1 is 1.22 bits per heavy atom. The Kier molecular flexibility index (Phi) is 3.79. The van der Waals surface area contributed by atoms with Gasteiger partial charge in [0.2, 0.25) is 0 Å². The van der Waals surface area contributed by atoms with E-state index in [1.807, 2.05) is 24.3 Å². The molecule has 2 aromatic heterocycles. The van der Waals surface area contributed by atoms with Gasteiger partial charge in [0.1, 0.15) is 17.2 Å². The number of pyridine rings is 1. The highest BCUT2D eigenvalue weighted by Crippen LogP contribution is 2.27. The molecule has 0 spiro atoms. The quantitative estimate of drug-likeness (QED) is 0.743. The van der Waals surface area contributed by atoms with Gasteiger partial charge in [-0.2, -0.15) is 0 Å². The van der Waals surface area contributed by atoms with E-state index in [4.69, 9.17) is 9.72 Å². The zero-order valence-electron chi connectivity index (χ0n) is 12.8. The summed E-state index contributed by atoms with van der Waals surface area (Å²) in [4.78, 5) is 9.19. The van der Waals surface area contributed by atoms with Crippen LogP contribution in [0.3, 0.4) is 0 Å². The Balaban J connectivity index is 1.80. The first-order chi connectivity index (χ1) is 11.3. The number of ether oxygens (including phenoxy) is 1. The van der Waals surface area contributed by atoms with Crippen molar-refractivity contribution in [2.24, 2.45) is 0 Å². The first-order valence-corrected chi connectivity index (χ1v) is 7.96. The van der Waals surface area contributed by atoms with E-state index >= 15 is 0 Å². The predicted molar refractivity (Wildman–Crippen MR) is 85.8 cm³/mol. The van der Waals surface area contributed by atoms with Gasteiger partial charge in [-0.3, -0.25) is 0 Å². The van der Waals surface area contributed by atoms with Gasteiger partial charge in [-0.25, -0.2) is 14.4 Å². The summed E-state index contributed by atoms with van der Waals surface area (Å²) in [6.07, 6.45) is 4.29. The van der Waals surface area contributed by atoms with Crippen LogP contribution in [0.4, 0.5) is 4.39 Å². The Hall–Kier alpha value is -2.27. The maximum absolute atomic E-state index is 14.0. The largest absolute Gasteiger partial charge is 0.379 e. The minimum atomic E-state index is -0.195. The minimum absolute atomic E-state index is 0.195. The second-order valence-corrected chi connectivity index (χ2v) is 5.88. The highest BCUT2D eigenvalue weighted by atomic mass is 19.1. The van der Waals surface area contributed by atoms with E-state index < -0.39 is 0 Å². The normalized spacial score (nSPS) is 18.4. The fraction of sp³-hybridized carbons (Fsp3) is 0.333. The molecule has 4 rings (SSSR count). The van der Waals surface area contributed by atoms with Gasteiger partial charge < -0.3 is 9.30 Å². The van der Waals surface area contributed by atoms with Crippen LogP contribution in [-0.4, -0.2) is 27.7 Å². The van der Waals surface area contributed by atoms with Gasteiger partial charge >= 0.3 is 0 Å². The fourth-order valence-electron chi connectivity index (χ4n) is 3.22. The van der Waals surface area contributed by atoms with Gasteiger partial charge in [-0.1, -0.05) is 18.2 Å². The molecule has 0 radical (unpaired) electrons. The van der Waals surface area contributed by atoms with Gasteiger partial charge in [0.15, 0.2) is 5.65 Å². The van der Waals surface area contributed by atoms with Crippen molar-refractivity contribution in [3.63, 3.8) is 0 Å². The molecule has 1 unspecified atom stereocenters. The molecule has 1 aromatic carbocycles. The number of aromatic nitrogens is 3. The lowest BCUT2D eigenvalue weighted by Crippen LogP contribution is -2.23. The number of nitrogens with zero attached hydrogens (tertiary/aromatic N) is 3. The van der Waals surface area contributed by atoms with Crippen LogP contribution in [0.2, 0.25) is 0 Å². The van der Waals surface area contributed by atoms with Gasteiger partial charge in [-0.15, -0.1) is 0 Å². The van der Waals surface area contributed by atoms with Gasteiger partial charge in [0.25, 0.3) is 0 Å². The average Bonchev–Trinajstić information content (AvgIpc) is 2.95. The van der Waals surface area contributed by atoms with Crippen molar-refractivity contribution in [2.75, 3.05) is 13.2 Å². The molecule has 0 amide bonds. The zero-order chi connectivity index (χ0) is 15.6. The van der Waals surface area contributed by atoms with E-state index in [0.717, 1.165) is 36.4 Å². The van der Waals surface area contributed by atoms with Crippen LogP contribution in [-0.2, 0) is 11.2 Å². The van der Waals surface area contributed by atoms with Crippen LogP contribution >= 0.6 is 0 Å². The van der Waals surface area contributed by atoms with E-state index in [0.29, 0.717) is 18.6 Å². The smallest absolute Gasteiger partial charge is 0.160 e. The van der Waals surface area contributed by atoms with Crippen molar-refractivity contribution < 1.29 is 9.13 Å². The molecule has 0 N–H and O–H groups in total. The van der Waals surface area contributed by atoms with Crippen LogP contribution in [0.15, 0.2) is 42.6 Å². The summed E-state index contributed by atoms with van der Waals surface area (Å²) in [6.45, 7) is 1.46. The van der Waals surface area contributed by atoms with Crippen LogP contribution < -0.4 is 0 Å². The maximum Gasteiger partial charge on any atom is 0.160 e. The molecule has 0 bridgehead atoms. The third-order valence-electron chi connectivity index (χ3n) is 4.33. The van der Waals surface area contributed by atoms with E-state index in [1.165, 1.54) is 6.07 Å². The molecule has 1 saturated heterocycles. The Morgan fingerprint density at radius 3 is 2.96 bits per heavy atom. The molecule has 1 atom stereocenters. The van der Waals surface area contributed by atoms with Gasteiger partial charge in [0, 0.05) is 19.2 Å². The standard InChI is InChI=1S/C18H18FN3O/c19-15-7-2-1-5-13(15)11-17-21-16-8-3-9-20-18(16)22(17)14-6-4-10-23-12-14/h1-3,5,7-9,14H,4,6,10-12H2. The van der Waals surface area contributed by atoms with Crippen molar-refractivity contribution >= 4 is 11.2 Å².